The van der Waals surface area contributed by atoms with Crippen molar-refractivity contribution in [2.75, 3.05) is 7.11 Å². The molecule has 0 spiro atoms. The molecule has 0 saturated heterocycles. The van der Waals surface area contributed by atoms with Crippen LogP contribution in [0.15, 0.2) is 23.8 Å². The third-order valence-electron chi connectivity index (χ3n) is 5.68. The highest BCUT2D eigenvalue weighted by Crippen LogP contribution is 2.49. The summed E-state index contributed by atoms with van der Waals surface area (Å²) in [7, 11) is 1.73. The topological polar surface area (TPSA) is 26.3 Å². The second kappa shape index (κ2) is 5.01. The molecule has 2 nitrogen and oxygen atoms in total. The summed E-state index contributed by atoms with van der Waals surface area (Å²) in [5, 5.41) is 0. The summed E-state index contributed by atoms with van der Waals surface area (Å²) in [6, 6.07) is 6.50. The molecule has 2 atom stereocenters. The summed E-state index contributed by atoms with van der Waals surface area (Å²) >= 11 is 0. The monoisotopic (exact) mass is 282 g/mol. The lowest BCUT2D eigenvalue weighted by Gasteiger charge is -2.40. The average Bonchev–Trinajstić information content (AvgIpc) is 2.54. The van der Waals surface area contributed by atoms with Crippen molar-refractivity contribution in [1.82, 2.24) is 0 Å². The van der Waals surface area contributed by atoms with Crippen LogP contribution >= 0.6 is 0 Å². The molecular weight excluding hydrogens is 260 g/mol. The normalized spacial score (nSPS) is 27.8. The minimum atomic E-state index is 0.331. The van der Waals surface area contributed by atoms with E-state index in [2.05, 4.69) is 18.2 Å². The molecule has 1 fully saturated rings. The van der Waals surface area contributed by atoms with Gasteiger partial charge < -0.3 is 4.74 Å². The molecule has 21 heavy (non-hydrogen) atoms. The molecule has 0 bridgehead atoms. The van der Waals surface area contributed by atoms with Crippen LogP contribution in [-0.2, 0) is 11.2 Å². The van der Waals surface area contributed by atoms with Crippen molar-refractivity contribution >= 4 is 11.4 Å². The predicted octanol–water partition coefficient (Wildman–Crippen LogP) is 4.17. The van der Waals surface area contributed by atoms with Gasteiger partial charge in [0, 0.05) is 12.3 Å². The smallest absolute Gasteiger partial charge is 0.136 e. The van der Waals surface area contributed by atoms with E-state index in [1.807, 2.05) is 0 Å². The Balaban J connectivity index is 1.76. The fourth-order valence-corrected chi connectivity index (χ4v) is 4.68. The van der Waals surface area contributed by atoms with Crippen LogP contribution in [0.4, 0.5) is 0 Å². The van der Waals surface area contributed by atoms with Crippen molar-refractivity contribution in [3.05, 3.63) is 34.9 Å². The Morgan fingerprint density at radius 2 is 1.95 bits per heavy atom. The van der Waals surface area contributed by atoms with Crippen LogP contribution in [0.5, 0.6) is 5.75 Å². The number of carbonyl (C=O) groups excluding carboxylic acids is 1. The number of hydrogen-bond donors (Lipinski definition) is 0. The van der Waals surface area contributed by atoms with Crippen molar-refractivity contribution < 1.29 is 9.53 Å². The molecule has 0 aliphatic heterocycles. The first kappa shape index (κ1) is 13.1. The predicted molar refractivity (Wildman–Crippen MR) is 83.3 cm³/mol. The zero-order valence-corrected chi connectivity index (χ0v) is 12.7. The summed E-state index contributed by atoms with van der Waals surface area (Å²) in [6.45, 7) is 0. The summed E-state index contributed by atoms with van der Waals surface area (Å²) in [6.07, 6.45) is 7.52. The zero-order valence-electron chi connectivity index (χ0n) is 12.7. The average molecular weight is 282 g/mol. The molecule has 0 amide bonds. The molecule has 1 aromatic carbocycles. The first-order valence-corrected chi connectivity index (χ1v) is 8.20. The maximum absolute atomic E-state index is 12.2. The fourth-order valence-electron chi connectivity index (χ4n) is 4.68. The third-order valence-corrected chi connectivity index (χ3v) is 5.68. The number of hydrogen-bond acceptors (Lipinski definition) is 2. The van der Waals surface area contributed by atoms with E-state index in [1.54, 1.807) is 18.3 Å². The maximum atomic E-state index is 12.2. The zero-order chi connectivity index (χ0) is 14.4. The molecule has 3 aliphatic rings. The molecule has 0 aromatic heterocycles. The first-order valence-electron chi connectivity index (χ1n) is 8.20. The molecule has 110 valence electrons. The van der Waals surface area contributed by atoms with Crippen LogP contribution in [0, 0.1) is 11.8 Å². The number of rotatable bonds is 1. The number of allylic oxidation sites excluding steroid dienone is 2. The first-order chi connectivity index (χ1) is 10.3. The van der Waals surface area contributed by atoms with Crippen LogP contribution in [0.25, 0.3) is 5.57 Å². The Morgan fingerprint density at radius 3 is 2.81 bits per heavy atom. The molecule has 2 heteroatoms. The highest BCUT2D eigenvalue weighted by Gasteiger charge is 2.39. The Hall–Kier alpha value is -1.57. The lowest BCUT2D eigenvalue weighted by atomic mass is 9.63. The number of benzene rings is 1. The Bertz CT molecular complexity index is 626. The second-order valence-electron chi connectivity index (χ2n) is 6.64. The number of aryl methyl sites for hydroxylation is 1. The second-order valence-corrected chi connectivity index (χ2v) is 6.64. The number of carbonyl (C=O) groups is 1. The van der Waals surface area contributed by atoms with Crippen LogP contribution in [0.1, 0.15) is 49.7 Å². The van der Waals surface area contributed by atoms with Gasteiger partial charge in [-0.3, -0.25) is 4.79 Å². The van der Waals surface area contributed by atoms with E-state index in [1.165, 1.54) is 17.5 Å². The van der Waals surface area contributed by atoms with Gasteiger partial charge in [0.1, 0.15) is 11.5 Å². The Labute approximate surface area is 126 Å². The van der Waals surface area contributed by atoms with Gasteiger partial charge in [0.15, 0.2) is 0 Å². The van der Waals surface area contributed by atoms with Crippen molar-refractivity contribution in [2.45, 2.75) is 44.9 Å². The van der Waals surface area contributed by atoms with Crippen molar-refractivity contribution in [3.63, 3.8) is 0 Å². The van der Waals surface area contributed by atoms with Gasteiger partial charge >= 0.3 is 0 Å². The van der Waals surface area contributed by atoms with Gasteiger partial charge in [-0.15, -0.1) is 0 Å². The van der Waals surface area contributed by atoms with Crippen LogP contribution in [0.2, 0.25) is 0 Å². The van der Waals surface area contributed by atoms with Crippen molar-refractivity contribution in [1.29, 1.82) is 0 Å². The number of Topliss-reactive ketones (excluding diaryl/α,β-unsaturated/α-hetero) is 1. The molecule has 1 saturated carbocycles. The fraction of sp³-hybridized carbons (Fsp3) is 0.526. The summed E-state index contributed by atoms with van der Waals surface area (Å²) in [4.78, 5) is 12.2. The van der Waals surface area contributed by atoms with E-state index in [0.717, 1.165) is 44.3 Å². The summed E-state index contributed by atoms with van der Waals surface area (Å²) in [5.74, 6) is 2.36. The van der Waals surface area contributed by atoms with Gasteiger partial charge in [0.05, 0.1) is 7.11 Å². The number of ether oxygens (including phenoxy) is 1. The van der Waals surface area contributed by atoms with E-state index < -0.39 is 0 Å². The quantitative estimate of drug-likeness (QED) is 0.772. The largest absolute Gasteiger partial charge is 0.497 e. The van der Waals surface area contributed by atoms with Crippen LogP contribution in [0.3, 0.4) is 0 Å². The van der Waals surface area contributed by atoms with E-state index in [9.17, 15) is 4.79 Å². The highest BCUT2D eigenvalue weighted by atomic mass is 16.5. The van der Waals surface area contributed by atoms with Crippen LogP contribution < -0.4 is 4.74 Å². The van der Waals surface area contributed by atoms with Crippen molar-refractivity contribution in [2.24, 2.45) is 11.8 Å². The molecular formula is C19H22O2. The van der Waals surface area contributed by atoms with E-state index >= 15 is 0 Å². The SMILES string of the molecule is COc1ccc2c(c1)CCC1=C2CCC2C(=O)CCCC12. The number of methoxy groups -OCH3 is 1. The summed E-state index contributed by atoms with van der Waals surface area (Å²) < 4.78 is 5.36. The molecule has 1 aromatic rings. The molecule has 0 radical (unpaired) electrons. The summed E-state index contributed by atoms with van der Waals surface area (Å²) in [5.41, 5.74) is 6.01. The van der Waals surface area contributed by atoms with Gasteiger partial charge in [0.2, 0.25) is 0 Å². The van der Waals surface area contributed by atoms with Gasteiger partial charge in [0.25, 0.3) is 0 Å². The minimum absolute atomic E-state index is 0.331. The van der Waals surface area contributed by atoms with Gasteiger partial charge in [-0.05, 0) is 73.3 Å². The molecule has 2 unspecified atom stereocenters. The molecule has 3 aliphatic carbocycles. The van der Waals surface area contributed by atoms with E-state index in [4.69, 9.17) is 4.74 Å². The lowest BCUT2D eigenvalue weighted by Crippen LogP contribution is -2.34. The van der Waals surface area contributed by atoms with E-state index in [0.29, 0.717) is 17.6 Å². The lowest BCUT2D eigenvalue weighted by molar-refractivity contribution is -0.126. The number of fused-ring (bicyclic) bond motifs is 4. The van der Waals surface area contributed by atoms with Crippen LogP contribution in [-0.4, -0.2) is 12.9 Å². The van der Waals surface area contributed by atoms with E-state index in [-0.39, 0.29) is 0 Å². The third kappa shape index (κ3) is 2.04. The molecule has 0 N–H and O–H groups in total. The standard InChI is InChI=1S/C19H22O2/c1-21-13-6-8-14-12(11-13)5-7-17-15-3-2-4-19(20)18(15)10-9-16(14)17/h6,8,11,15,18H,2-5,7,9-10H2,1H3. The molecule has 4 rings (SSSR count). The Morgan fingerprint density at radius 1 is 1.05 bits per heavy atom. The number of ketones is 1. The van der Waals surface area contributed by atoms with Gasteiger partial charge in [-0.25, -0.2) is 0 Å². The minimum Gasteiger partial charge on any atom is -0.497 e. The Kier molecular flexibility index (Phi) is 3.13. The van der Waals surface area contributed by atoms with Gasteiger partial charge in [-0.2, -0.15) is 0 Å². The highest BCUT2D eigenvalue weighted by molar-refractivity contribution is 5.85. The van der Waals surface area contributed by atoms with Gasteiger partial charge in [-0.1, -0.05) is 11.6 Å². The van der Waals surface area contributed by atoms with Crippen molar-refractivity contribution in [3.8, 4) is 5.75 Å². The maximum Gasteiger partial charge on any atom is 0.136 e. The molecule has 0 heterocycles.